The lowest BCUT2D eigenvalue weighted by Crippen LogP contribution is -2.41. The summed E-state index contributed by atoms with van der Waals surface area (Å²) in [6, 6.07) is 12.5. The van der Waals surface area contributed by atoms with Crippen LogP contribution in [0.25, 0.3) is 16.7 Å². The molecule has 12 heteroatoms. The van der Waals surface area contributed by atoms with Crippen LogP contribution in [0.2, 0.25) is 0 Å². The lowest BCUT2D eigenvalue weighted by Gasteiger charge is -2.26. The summed E-state index contributed by atoms with van der Waals surface area (Å²) in [4.78, 5) is 43.1. The highest BCUT2D eigenvalue weighted by Crippen LogP contribution is 2.34. The Morgan fingerprint density at radius 2 is 1.83 bits per heavy atom. The maximum atomic E-state index is 14.8. The lowest BCUT2D eigenvalue weighted by molar-refractivity contribution is 0.0322. The molecule has 41 heavy (non-hydrogen) atoms. The number of anilines is 2. The van der Waals surface area contributed by atoms with Gasteiger partial charge < -0.3 is 14.8 Å². The first-order chi connectivity index (χ1) is 19.8. The van der Waals surface area contributed by atoms with Crippen LogP contribution in [0.3, 0.4) is 0 Å². The van der Waals surface area contributed by atoms with E-state index in [1.54, 1.807) is 30.3 Å². The van der Waals surface area contributed by atoms with E-state index in [9.17, 15) is 18.8 Å². The molecule has 0 atom stereocenters. The van der Waals surface area contributed by atoms with Crippen molar-refractivity contribution in [2.45, 2.75) is 18.9 Å². The summed E-state index contributed by atoms with van der Waals surface area (Å²) in [5, 5.41) is 3.04. The number of nitrogens with one attached hydrogen (secondary N) is 1. The first kappa shape index (κ1) is 27.4. The molecule has 1 N–H and O–H groups in total. The van der Waals surface area contributed by atoms with Gasteiger partial charge in [0.1, 0.15) is 29.2 Å². The van der Waals surface area contributed by atoms with Crippen molar-refractivity contribution < 1.29 is 13.9 Å². The predicted molar refractivity (Wildman–Crippen MR) is 157 cm³/mol. The van der Waals surface area contributed by atoms with Gasteiger partial charge in [-0.2, -0.15) is 0 Å². The number of pyridine rings is 1. The molecular weight excluding hydrogens is 597 g/mol. The number of nitrogens with zero attached hydrogens (tertiary/aromatic N) is 4. The van der Waals surface area contributed by atoms with Crippen LogP contribution in [0.1, 0.15) is 18.9 Å². The van der Waals surface area contributed by atoms with E-state index in [0.717, 1.165) is 19.6 Å². The van der Waals surface area contributed by atoms with Crippen LogP contribution >= 0.6 is 15.9 Å². The van der Waals surface area contributed by atoms with Gasteiger partial charge in [0.25, 0.3) is 11.1 Å². The molecule has 6 rings (SSSR count). The highest BCUT2D eigenvalue weighted by molar-refractivity contribution is 9.10. The van der Waals surface area contributed by atoms with Gasteiger partial charge in [0, 0.05) is 49.3 Å². The van der Waals surface area contributed by atoms with Gasteiger partial charge in [-0.25, -0.2) is 13.8 Å². The fraction of sp³-hybridized carbons (Fsp3) is 0.345. The summed E-state index contributed by atoms with van der Waals surface area (Å²) in [6.45, 7) is 4.29. The van der Waals surface area contributed by atoms with Crippen molar-refractivity contribution >= 4 is 38.3 Å². The van der Waals surface area contributed by atoms with E-state index in [0.29, 0.717) is 48.6 Å². The summed E-state index contributed by atoms with van der Waals surface area (Å²) in [5.74, 6) is -0.0119. The molecular formula is C29H29BrFN5O5. The normalized spacial score (nSPS) is 15.8. The second-order valence-corrected chi connectivity index (χ2v) is 11.1. The Balaban J connectivity index is 1.48. The number of morpholine rings is 1. The molecule has 1 saturated heterocycles. The van der Waals surface area contributed by atoms with Crippen molar-refractivity contribution in [3.63, 3.8) is 0 Å². The number of hydrogen-bond acceptors (Lipinski definition) is 7. The second-order valence-electron chi connectivity index (χ2n) is 10.2. The summed E-state index contributed by atoms with van der Waals surface area (Å²) in [5.41, 5.74) is -0.777. The van der Waals surface area contributed by atoms with E-state index < -0.39 is 22.6 Å². The molecule has 4 aromatic rings. The van der Waals surface area contributed by atoms with Crippen LogP contribution < -0.4 is 26.9 Å². The topological polar surface area (TPSA) is 99.7 Å². The van der Waals surface area contributed by atoms with E-state index in [4.69, 9.17) is 9.47 Å². The van der Waals surface area contributed by atoms with Gasteiger partial charge in [-0.3, -0.25) is 23.6 Å². The van der Waals surface area contributed by atoms with Crippen molar-refractivity contribution in [3.05, 3.63) is 90.0 Å². The zero-order valence-corrected chi connectivity index (χ0v) is 24.0. The van der Waals surface area contributed by atoms with Crippen LogP contribution in [0.4, 0.5) is 15.8 Å². The molecule has 1 aliphatic heterocycles. The SMILES string of the molecule is Cn1c(=O)cc(Nc2ccc(Br)cc2F)c2c(=O)n(C3CC3)c(=O)n(-c3cccc(OCCN4CCOCC4)c3)c21. The number of ether oxygens (including phenoxy) is 2. The smallest absolute Gasteiger partial charge is 0.337 e. The fourth-order valence-corrected chi connectivity index (χ4v) is 5.45. The quantitative estimate of drug-likeness (QED) is 0.320. The minimum absolute atomic E-state index is 0.0912. The molecule has 10 nitrogen and oxygen atoms in total. The van der Waals surface area contributed by atoms with E-state index in [1.807, 2.05) is 0 Å². The minimum atomic E-state index is -0.564. The Kier molecular flexibility index (Phi) is 7.54. The lowest BCUT2D eigenvalue weighted by atomic mass is 10.2. The molecule has 1 aliphatic carbocycles. The average molecular weight is 626 g/mol. The maximum Gasteiger partial charge on any atom is 0.337 e. The summed E-state index contributed by atoms with van der Waals surface area (Å²) >= 11 is 3.24. The Hall–Kier alpha value is -3.74. The zero-order chi connectivity index (χ0) is 28.7. The monoisotopic (exact) mass is 625 g/mol. The number of aryl methyl sites for hydroxylation is 1. The fourth-order valence-electron chi connectivity index (χ4n) is 5.12. The standard InChI is InChI=1S/C29H29BrFN5O5/c1-33-25(37)17-24(32-23-8-5-18(30)15-22(23)31)26-27(33)35(29(39)36(28(26)38)19-6-7-19)20-3-2-4-21(16-20)41-14-11-34-9-12-40-13-10-34/h2-5,8,15-17,19,32H,6-7,9-14H2,1H3. The molecule has 2 aromatic heterocycles. The van der Waals surface area contributed by atoms with Crippen molar-refractivity contribution in [2.75, 3.05) is 44.8 Å². The van der Waals surface area contributed by atoms with Gasteiger partial charge in [-0.05, 0) is 43.2 Å². The maximum absolute atomic E-state index is 14.8. The Labute approximate surface area is 242 Å². The molecule has 2 aliphatic rings. The molecule has 0 spiro atoms. The van der Waals surface area contributed by atoms with Gasteiger partial charge >= 0.3 is 5.69 Å². The number of hydrogen-bond donors (Lipinski definition) is 1. The van der Waals surface area contributed by atoms with Crippen molar-refractivity contribution in [1.29, 1.82) is 0 Å². The second kappa shape index (κ2) is 11.3. The molecule has 0 amide bonds. The van der Waals surface area contributed by atoms with Crippen LogP contribution in [0, 0.1) is 5.82 Å². The number of halogens is 2. The van der Waals surface area contributed by atoms with Crippen LogP contribution in [-0.4, -0.2) is 58.1 Å². The molecule has 1 saturated carbocycles. The summed E-state index contributed by atoms with van der Waals surface area (Å²) in [6.07, 6.45) is 1.39. The van der Waals surface area contributed by atoms with Gasteiger partial charge in [-0.1, -0.05) is 22.0 Å². The van der Waals surface area contributed by atoms with E-state index in [1.165, 1.54) is 38.9 Å². The summed E-state index contributed by atoms with van der Waals surface area (Å²) in [7, 11) is 1.51. The van der Waals surface area contributed by atoms with Gasteiger partial charge in [0.15, 0.2) is 0 Å². The zero-order valence-electron chi connectivity index (χ0n) is 22.4. The molecule has 2 aromatic carbocycles. The first-order valence-electron chi connectivity index (χ1n) is 13.5. The minimum Gasteiger partial charge on any atom is -0.492 e. The van der Waals surface area contributed by atoms with Crippen LogP contribution in [-0.2, 0) is 11.8 Å². The molecule has 214 valence electrons. The van der Waals surface area contributed by atoms with Crippen molar-refractivity contribution in [1.82, 2.24) is 18.6 Å². The van der Waals surface area contributed by atoms with E-state index in [2.05, 4.69) is 26.1 Å². The molecule has 2 fully saturated rings. The third-order valence-electron chi connectivity index (χ3n) is 7.42. The Morgan fingerprint density at radius 1 is 1.05 bits per heavy atom. The Morgan fingerprint density at radius 3 is 2.56 bits per heavy atom. The Bertz CT molecular complexity index is 1810. The predicted octanol–water partition coefficient (Wildman–Crippen LogP) is 3.54. The van der Waals surface area contributed by atoms with Gasteiger partial charge in [-0.15, -0.1) is 0 Å². The van der Waals surface area contributed by atoms with Crippen molar-refractivity contribution in [2.24, 2.45) is 7.05 Å². The molecule has 3 heterocycles. The van der Waals surface area contributed by atoms with Crippen LogP contribution in [0.5, 0.6) is 5.75 Å². The highest BCUT2D eigenvalue weighted by Gasteiger charge is 2.31. The highest BCUT2D eigenvalue weighted by atomic mass is 79.9. The molecule has 0 unspecified atom stereocenters. The summed E-state index contributed by atoms with van der Waals surface area (Å²) < 4.78 is 30.6. The molecule has 0 radical (unpaired) electrons. The number of fused-ring (bicyclic) bond motifs is 1. The average Bonchev–Trinajstić information content (AvgIpc) is 3.79. The van der Waals surface area contributed by atoms with E-state index in [-0.39, 0.29) is 28.5 Å². The first-order valence-corrected chi connectivity index (χ1v) is 14.3. The van der Waals surface area contributed by atoms with Crippen molar-refractivity contribution in [3.8, 4) is 11.4 Å². The number of rotatable bonds is 8. The largest absolute Gasteiger partial charge is 0.492 e. The molecule has 0 bridgehead atoms. The van der Waals surface area contributed by atoms with Gasteiger partial charge in [0.2, 0.25) is 0 Å². The van der Waals surface area contributed by atoms with Crippen LogP contribution in [0.15, 0.2) is 67.4 Å². The number of benzene rings is 2. The van der Waals surface area contributed by atoms with E-state index >= 15 is 0 Å². The third kappa shape index (κ3) is 5.46. The van der Waals surface area contributed by atoms with Gasteiger partial charge in [0.05, 0.1) is 30.3 Å². The third-order valence-corrected chi connectivity index (χ3v) is 7.91. The number of aromatic nitrogens is 3.